The van der Waals surface area contributed by atoms with Crippen LogP contribution >= 0.6 is 11.3 Å². The maximum atomic E-state index is 13.4. The third kappa shape index (κ3) is 5.54. The van der Waals surface area contributed by atoms with Gasteiger partial charge in [0.15, 0.2) is 18.2 Å². The number of rotatable bonds is 7. The van der Waals surface area contributed by atoms with Crippen LogP contribution in [0.2, 0.25) is 0 Å². The fourth-order valence-electron chi connectivity index (χ4n) is 3.00. The second kappa shape index (κ2) is 8.97. The van der Waals surface area contributed by atoms with Crippen LogP contribution in [0.5, 0.6) is 5.75 Å². The molecule has 1 aliphatic heterocycles. The first-order valence-corrected chi connectivity index (χ1v) is 9.52. The second-order valence-corrected chi connectivity index (χ2v) is 7.15. The molecule has 2 heterocycles. The number of amides is 1. The van der Waals surface area contributed by atoms with Gasteiger partial charge in [-0.15, -0.1) is 0 Å². The van der Waals surface area contributed by atoms with Gasteiger partial charge in [0.1, 0.15) is 0 Å². The zero-order valence-corrected chi connectivity index (χ0v) is 14.9. The molecule has 1 fully saturated rings. The molecular weight excluding hydrogens is 339 g/mol. The minimum atomic E-state index is -0.451. The van der Waals surface area contributed by atoms with Gasteiger partial charge in [0.25, 0.3) is 5.91 Å². The van der Waals surface area contributed by atoms with E-state index in [4.69, 9.17) is 4.74 Å². The largest absolute Gasteiger partial charge is 0.481 e. The molecule has 4 nitrogen and oxygen atoms in total. The van der Waals surface area contributed by atoms with Crippen LogP contribution in [0.1, 0.15) is 18.4 Å². The SMILES string of the molecule is O=C(COc1ccccc1F)NCC1CCN(Cc2ccsc2)CC1. The van der Waals surface area contributed by atoms with Gasteiger partial charge in [-0.3, -0.25) is 9.69 Å². The fourth-order valence-corrected chi connectivity index (χ4v) is 3.66. The number of nitrogens with zero attached hydrogens (tertiary/aromatic N) is 1. The summed E-state index contributed by atoms with van der Waals surface area (Å²) in [6.07, 6.45) is 2.16. The van der Waals surface area contributed by atoms with E-state index in [1.807, 2.05) is 0 Å². The van der Waals surface area contributed by atoms with Gasteiger partial charge in [0.2, 0.25) is 0 Å². The van der Waals surface area contributed by atoms with Gasteiger partial charge in [0, 0.05) is 13.1 Å². The predicted octanol–water partition coefficient (Wildman–Crippen LogP) is 3.29. The number of likely N-dealkylation sites (tertiary alicyclic amines) is 1. The number of benzene rings is 1. The number of carbonyl (C=O) groups is 1. The lowest BCUT2D eigenvalue weighted by atomic mass is 9.96. The molecule has 1 aromatic heterocycles. The van der Waals surface area contributed by atoms with E-state index in [2.05, 4.69) is 27.0 Å². The van der Waals surface area contributed by atoms with E-state index < -0.39 is 5.82 Å². The molecule has 1 saturated heterocycles. The molecule has 0 spiro atoms. The Bertz CT molecular complexity index is 670. The van der Waals surface area contributed by atoms with Crippen molar-refractivity contribution in [2.24, 2.45) is 5.92 Å². The van der Waals surface area contributed by atoms with Crippen LogP contribution in [0.25, 0.3) is 0 Å². The number of hydrogen-bond acceptors (Lipinski definition) is 4. The normalized spacial score (nSPS) is 15.9. The van der Waals surface area contributed by atoms with E-state index in [0.29, 0.717) is 12.5 Å². The van der Waals surface area contributed by atoms with E-state index in [1.165, 1.54) is 17.7 Å². The Kier molecular flexibility index (Phi) is 6.42. The first-order valence-electron chi connectivity index (χ1n) is 8.58. The van der Waals surface area contributed by atoms with Gasteiger partial charge in [-0.2, -0.15) is 11.3 Å². The van der Waals surface area contributed by atoms with Crippen LogP contribution in [0, 0.1) is 11.7 Å². The van der Waals surface area contributed by atoms with Crippen molar-refractivity contribution in [2.75, 3.05) is 26.2 Å². The van der Waals surface area contributed by atoms with Crippen molar-refractivity contribution in [3.8, 4) is 5.75 Å². The Hall–Kier alpha value is -1.92. The minimum Gasteiger partial charge on any atom is -0.481 e. The molecule has 134 valence electrons. The summed E-state index contributed by atoms with van der Waals surface area (Å²) in [5, 5.41) is 7.21. The van der Waals surface area contributed by atoms with Crippen LogP contribution in [-0.4, -0.2) is 37.0 Å². The number of para-hydroxylation sites is 1. The number of carbonyl (C=O) groups excluding carboxylic acids is 1. The van der Waals surface area contributed by atoms with E-state index in [-0.39, 0.29) is 18.3 Å². The average molecular weight is 362 g/mol. The minimum absolute atomic E-state index is 0.111. The highest BCUT2D eigenvalue weighted by atomic mass is 32.1. The lowest BCUT2D eigenvalue weighted by Gasteiger charge is -2.31. The summed E-state index contributed by atoms with van der Waals surface area (Å²) in [6.45, 7) is 3.63. The first-order chi connectivity index (χ1) is 12.2. The molecule has 1 N–H and O–H groups in total. The number of hydrogen-bond donors (Lipinski definition) is 1. The van der Waals surface area contributed by atoms with Crippen molar-refractivity contribution >= 4 is 17.2 Å². The molecule has 25 heavy (non-hydrogen) atoms. The number of piperidine rings is 1. The lowest BCUT2D eigenvalue weighted by molar-refractivity contribution is -0.123. The quantitative estimate of drug-likeness (QED) is 0.822. The van der Waals surface area contributed by atoms with E-state index >= 15 is 0 Å². The topological polar surface area (TPSA) is 41.6 Å². The van der Waals surface area contributed by atoms with Crippen LogP contribution in [0.3, 0.4) is 0 Å². The van der Waals surface area contributed by atoms with Gasteiger partial charge in [-0.25, -0.2) is 4.39 Å². The zero-order valence-electron chi connectivity index (χ0n) is 14.1. The van der Waals surface area contributed by atoms with Gasteiger partial charge in [-0.05, 0) is 66.4 Å². The maximum absolute atomic E-state index is 13.4. The number of nitrogens with one attached hydrogen (secondary N) is 1. The monoisotopic (exact) mass is 362 g/mol. The number of halogens is 1. The van der Waals surface area contributed by atoms with Crippen LogP contribution < -0.4 is 10.1 Å². The summed E-state index contributed by atoms with van der Waals surface area (Å²) in [5.41, 5.74) is 1.38. The average Bonchev–Trinajstić information content (AvgIpc) is 3.13. The summed E-state index contributed by atoms with van der Waals surface area (Å²) in [7, 11) is 0. The van der Waals surface area contributed by atoms with Crippen molar-refractivity contribution in [3.63, 3.8) is 0 Å². The Labute approximate surface area is 151 Å². The zero-order chi connectivity index (χ0) is 17.5. The predicted molar refractivity (Wildman–Crippen MR) is 97.2 cm³/mol. The third-order valence-electron chi connectivity index (χ3n) is 4.48. The molecule has 6 heteroatoms. The van der Waals surface area contributed by atoms with Crippen LogP contribution in [0.4, 0.5) is 4.39 Å². The highest BCUT2D eigenvalue weighted by Gasteiger charge is 2.20. The van der Waals surface area contributed by atoms with E-state index in [0.717, 1.165) is 32.5 Å². The van der Waals surface area contributed by atoms with E-state index in [9.17, 15) is 9.18 Å². The smallest absolute Gasteiger partial charge is 0.257 e. The molecular formula is C19H23FN2O2S. The summed E-state index contributed by atoms with van der Waals surface area (Å²) in [4.78, 5) is 14.3. The Morgan fingerprint density at radius 2 is 2.08 bits per heavy atom. The first kappa shape index (κ1) is 17.9. The van der Waals surface area contributed by atoms with E-state index in [1.54, 1.807) is 23.5 Å². The second-order valence-electron chi connectivity index (χ2n) is 6.37. The molecule has 1 aliphatic rings. The Balaban J connectivity index is 1.32. The molecule has 0 aliphatic carbocycles. The van der Waals surface area contributed by atoms with Crippen LogP contribution in [0.15, 0.2) is 41.1 Å². The summed E-state index contributed by atoms with van der Waals surface area (Å²) in [6, 6.07) is 8.28. The van der Waals surface area contributed by atoms with Crippen molar-refractivity contribution in [2.45, 2.75) is 19.4 Å². The molecule has 0 atom stereocenters. The summed E-state index contributed by atoms with van der Waals surface area (Å²) < 4.78 is 18.6. The van der Waals surface area contributed by atoms with Crippen molar-refractivity contribution in [1.82, 2.24) is 10.2 Å². The standard InChI is InChI=1S/C19H23FN2O2S/c20-17-3-1-2-4-18(17)24-13-19(23)21-11-15-5-8-22(9-6-15)12-16-7-10-25-14-16/h1-4,7,10,14-15H,5-6,8-9,11-13H2,(H,21,23). The lowest BCUT2D eigenvalue weighted by Crippen LogP contribution is -2.39. The molecule has 0 bridgehead atoms. The number of thiophene rings is 1. The molecule has 0 unspecified atom stereocenters. The van der Waals surface area contributed by atoms with Crippen molar-refractivity contribution in [1.29, 1.82) is 0 Å². The highest BCUT2D eigenvalue weighted by molar-refractivity contribution is 7.07. The van der Waals surface area contributed by atoms with Crippen LogP contribution in [-0.2, 0) is 11.3 Å². The Morgan fingerprint density at radius 1 is 1.28 bits per heavy atom. The van der Waals surface area contributed by atoms with Gasteiger partial charge in [0.05, 0.1) is 0 Å². The molecule has 0 saturated carbocycles. The van der Waals surface area contributed by atoms with Gasteiger partial charge in [-0.1, -0.05) is 12.1 Å². The molecule has 0 radical (unpaired) electrons. The molecule has 3 rings (SSSR count). The fraction of sp³-hybridized carbons (Fsp3) is 0.421. The van der Waals surface area contributed by atoms with Crippen molar-refractivity contribution < 1.29 is 13.9 Å². The van der Waals surface area contributed by atoms with Gasteiger partial charge < -0.3 is 10.1 Å². The highest BCUT2D eigenvalue weighted by Crippen LogP contribution is 2.19. The number of ether oxygens (including phenoxy) is 1. The molecule has 1 aromatic carbocycles. The van der Waals surface area contributed by atoms with Gasteiger partial charge >= 0.3 is 0 Å². The molecule has 2 aromatic rings. The molecule has 1 amide bonds. The van der Waals surface area contributed by atoms with Crippen molar-refractivity contribution in [3.05, 3.63) is 52.5 Å². The summed E-state index contributed by atoms with van der Waals surface area (Å²) in [5.74, 6) is -0.0484. The summed E-state index contributed by atoms with van der Waals surface area (Å²) >= 11 is 1.73. The third-order valence-corrected chi connectivity index (χ3v) is 5.21. The Morgan fingerprint density at radius 3 is 2.80 bits per heavy atom. The maximum Gasteiger partial charge on any atom is 0.257 e.